The second-order valence-corrected chi connectivity index (χ2v) is 8.24. The van der Waals surface area contributed by atoms with Crippen molar-refractivity contribution in [1.29, 1.82) is 5.26 Å². The van der Waals surface area contributed by atoms with Crippen molar-refractivity contribution in [3.05, 3.63) is 48.0 Å². The molecule has 0 spiro atoms. The maximum absolute atomic E-state index is 12.4. The molecule has 2 rings (SSSR count). The van der Waals surface area contributed by atoms with Crippen molar-refractivity contribution in [1.82, 2.24) is 4.31 Å². The van der Waals surface area contributed by atoms with E-state index in [-0.39, 0.29) is 17.3 Å². The fraction of sp³-hybridized carbons (Fsp3) is 0.263. The predicted octanol–water partition coefficient (Wildman–Crippen LogP) is 2.29. The zero-order chi connectivity index (χ0) is 20.7. The highest BCUT2D eigenvalue weighted by molar-refractivity contribution is 7.89. The molecule has 3 N–H and O–H groups in total. The Morgan fingerprint density at radius 1 is 1.07 bits per heavy atom. The maximum Gasteiger partial charge on any atom is 0.243 e. The average Bonchev–Trinajstić information content (AvgIpc) is 2.67. The number of para-hydroxylation sites is 1. The molecule has 0 aromatic heterocycles. The van der Waals surface area contributed by atoms with E-state index in [1.807, 2.05) is 13.0 Å². The molecule has 0 bridgehead atoms. The Morgan fingerprint density at radius 2 is 1.79 bits per heavy atom. The summed E-state index contributed by atoms with van der Waals surface area (Å²) >= 11 is 0. The molecule has 0 radical (unpaired) electrons. The lowest BCUT2D eigenvalue weighted by Crippen LogP contribution is -2.24. The van der Waals surface area contributed by atoms with E-state index < -0.39 is 10.0 Å². The SMILES string of the molecule is CCNc1ccc(S(=O)(=O)N(C)C)cc1NCC(=O)Nc1ccccc1C#N. The van der Waals surface area contributed by atoms with E-state index in [9.17, 15) is 13.2 Å². The molecular weight excluding hydrogens is 378 g/mol. The number of hydrogen-bond donors (Lipinski definition) is 3. The van der Waals surface area contributed by atoms with Crippen LogP contribution in [0.3, 0.4) is 0 Å². The largest absolute Gasteiger partial charge is 0.384 e. The Kier molecular flexibility index (Phi) is 6.98. The highest BCUT2D eigenvalue weighted by atomic mass is 32.2. The van der Waals surface area contributed by atoms with E-state index in [4.69, 9.17) is 5.26 Å². The van der Waals surface area contributed by atoms with E-state index in [1.54, 1.807) is 30.3 Å². The summed E-state index contributed by atoms with van der Waals surface area (Å²) in [5, 5.41) is 17.9. The zero-order valence-electron chi connectivity index (χ0n) is 16.0. The summed E-state index contributed by atoms with van der Waals surface area (Å²) in [7, 11) is -0.680. The summed E-state index contributed by atoms with van der Waals surface area (Å²) in [6, 6.07) is 13.4. The Balaban J connectivity index is 2.19. The van der Waals surface area contributed by atoms with E-state index in [0.717, 1.165) is 4.31 Å². The number of sulfonamides is 1. The molecule has 0 unspecified atom stereocenters. The molecular formula is C19H23N5O3S. The first-order valence-corrected chi connectivity index (χ1v) is 10.1. The predicted molar refractivity (Wildman–Crippen MR) is 110 cm³/mol. The van der Waals surface area contributed by atoms with Crippen LogP contribution in [-0.2, 0) is 14.8 Å². The van der Waals surface area contributed by atoms with E-state index in [0.29, 0.717) is 29.2 Å². The third-order valence-electron chi connectivity index (χ3n) is 3.90. The molecule has 0 saturated heterocycles. The smallest absolute Gasteiger partial charge is 0.243 e. The second kappa shape index (κ2) is 9.21. The van der Waals surface area contributed by atoms with Gasteiger partial charge in [-0.1, -0.05) is 12.1 Å². The number of nitriles is 1. The van der Waals surface area contributed by atoms with Gasteiger partial charge in [0.05, 0.1) is 34.1 Å². The molecule has 9 heteroatoms. The van der Waals surface area contributed by atoms with Crippen molar-refractivity contribution < 1.29 is 13.2 Å². The summed E-state index contributed by atoms with van der Waals surface area (Å²) in [4.78, 5) is 12.4. The molecule has 8 nitrogen and oxygen atoms in total. The fourth-order valence-corrected chi connectivity index (χ4v) is 3.37. The number of amides is 1. The van der Waals surface area contributed by atoms with Crippen molar-refractivity contribution in [2.75, 3.05) is 43.1 Å². The number of nitrogens with zero attached hydrogens (tertiary/aromatic N) is 2. The van der Waals surface area contributed by atoms with Gasteiger partial charge in [-0.2, -0.15) is 5.26 Å². The van der Waals surface area contributed by atoms with Crippen molar-refractivity contribution >= 4 is 33.0 Å². The number of rotatable bonds is 8. The van der Waals surface area contributed by atoms with Gasteiger partial charge in [0.1, 0.15) is 6.07 Å². The number of carbonyl (C=O) groups is 1. The second-order valence-electron chi connectivity index (χ2n) is 6.08. The molecule has 2 aromatic rings. The lowest BCUT2D eigenvalue weighted by atomic mass is 10.2. The van der Waals surface area contributed by atoms with E-state index in [1.165, 1.54) is 26.2 Å². The normalized spacial score (nSPS) is 11.0. The summed E-state index contributed by atoms with van der Waals surface area (Å²) in [6.45, 7) is 2.46. The van der Waals surface area contributed by atoms with Gasteiger partial charge >= 0.3 is 0 Å². The van der Waals surface area contributed by atoms with Gasteiger partial charge in [0, 0.05) is 20.6 Å². The molecule has 28 heavy (non-hydrogen) atoms. The minimum atomic E-state index is -3.60. The van der Waals surface area contributed by atoms with Crippen LogP contribution in [0.25, 0.3) is 0 Å². The van der Waals surface area contributed by atoms with Crippen LogP contribution < -0.4 is 16.0 Å². The third kappa shape index (κ3) is 5.00. The summed E-state index contributed by atoms with van der Waals surface area (Å²) in [5.41, 5.74) is 1.97. The summed E-state index contributed by atoms with van der Waals surface area (Å²) in [5.74, 6) is -0.356. The van der Waals surface area contributed by atoms with E-state index >= 15 is 0 Å². The third-order valence-corrected chi connectivity index (χ3v) is 5.71. The lowest BCUT2D eigenvalue weighted by Gasteiger charge is -2.17. The highest BCUT2D eigenvalue weighted by Crippen LogP contribution is 2.26. The maximum atomic E-state index is 12.4. The fourth-order valence-electron chi connectivity index (χ4n) is 2.45. The Labute approximate surface area is 165 Å². The number of carbonyl (C=O) groups excluding carboxylic acids is 1. The monoisotopic (exact) mass is 401 g/mol. The highest BCUT2D eigenvalue weighted by Gasteiger charge is 2.19. The van der Waals surface area contributed by atoms with Gasteiger partial charge in [-0.3, -0.25) is 4.79 Å². The van der Waals surface area contributed by atoms with Crippen molar-refractivity contribution in [3.8, 4) is 6.07 Å². The number of anilines is 3. The first-order valence-electron chi connectivity index (χ1n) is 8.63. The average molecular weight is 401 g/mol. The summed E-state index contributed by atoms with van der Waals surface area (Å²) < 4.78 is 25.9. The van der Waals surface area contributed by atoms with Gasteiger partial charge in [0.2, 0.25) is 15.9 Å². The molecule has 0 saturated carbocycles. The van der Waals surface area contributed by atoms with Crippen LogP contribution in [0.2, 0.25) is 0 Å². The first-order chi connectivity index (χ1) is 13.3. The van der Waals surface area contributed by atoms with E-state index in [2.05, 4.69) is 16.0 Å². The first kappa shape index (κ1) is 21.2. The molecule has 0 aliphatic rings. The van der Waals surface area contributed by atoms with Gasteiger partial charge in [-0.05, 0) is 37.3 Å². The molecule has 148 valence electrons. The van der Waals surface area contributed by atoms with Crippen LogP contribution in [0.5, 0.6) is 0 Å². The number of nitrogens with one attached hydrogen (secondary N) is 3. The molecule has 1 amide bonds. The van der Waals surface area contributed by atoms with Crippen LogP contribution in [0.4, 0.5) is 17.1 Å². The number of hydrogen-bond acceptors (Lipinski definition) is 6. The standard InChI is InChI=1S/C19H23N5O3S/c1-4-21-17-10-9-15(28(26,27)24(2)3)11-18(17)22-13-19(25)23-16-8-6-5-7-14(16)12-20/h5-11,21-22H,4,13H2,1-3H3,(H,23,25). The quantitative estimate of drug-likeness (QED) is 0.625. The minimum Gasteiger partial charge on any atom is -0.384 e. The molecule has 0 heterocycles. The summed E-state index contributed by atoms with van der Waals surface area (Å²) in [6.07, 6.45) is 0. The number of benzene rings is 2. The Hall–Kier alpha value is -3.09. The van der Waals surface area contributed by atoms with Gasteiger partial charge < -0.3 is 16.0 Å². The Morgan fingerprint density at radius 3 is 2.43 bits per heavy atom. The van der Waals surface area contributed by atoms with Gasteiger partial charge in [0.15, 0.2) is 0 Å². The zero-order valence-corrected chi connectivity index (χ0v) is 16.8. The molecule has 0 aliphatic carbocycles. The molecule has 0 fully saturated rings. The van der Waals surface area contributed by atoms with Crippen LogP contribution in [0, 0.1) is 11.3 Å². The molecule has 2 aromatic carbocycles. The van der Waals surface area contributed by atoms with Crippen LogP contribution in [0.15, 0.2) is 47.4 Å². The van der Waals surface area contributed by atoms with Gasteiger partial charge in [-0.15, -0.1) is 0 Å². The Bertz CT molecular complexity index is 997. The van der Waals surface area contributed by atoms with Gasteiger partial charge in [0.25, 0.3) is 0 Å². The van der Waals surface area contributed by atoms with Crippen molar-refractivity contribution in [2.45, 2.75) is 11.8 Å². The van der Waals surface area contributed by atoms with Gasteiger partial charge in [-0.25, -0.2) is 12.7 Å². The van der Waals surface area contributed by atoms with Crippen LogP contribution >= 0.6 is 0 Å². The van der Waals surface area contributed by atoms with Crippen LogP contribution in [-0.4, -0.2) is 45.8 Å². The van der Waals surface area contributed by atoms with Crippen molar-refractivity contribution in [3.63, 3.8) is 0 Å². The lowest BCUT2D eigenvalue weighted by molar-refractivity contribution is -0.114. The van der Waals surface area contributed by atoms with Crippen molar-refractivity contribution in [2.24, 2.45) is 0 Å². The molecule has 0 aliphatic heterocycles. The minimum absolute atomic E-state index is 0.0936. The molecule has 0 atom stereocenters. The van der Waals surface area contributed by atoms with Crippen LogP contribution in [0.1, 0.15) is 12.5 Å². The topological polar surface area (TPSA) is 114 Å².